The second-order valence-corrected chi connectivity index (χ2v) is 7.84. The zero-order chi connectivity index (χ0) is 19.6. The molecule has 1 fully saturated rings. The van der Waals surface area contributed by atoms with E-state index in [2.05, 4.69) is 55.8 Å². The van der Waals surface area contributed by atoms with Crippen LogP contribution in [0.2, 0.25) is 0 Å². The topological polar surface area (TPSA) is 69.0 Å². The van der Waals surface area contributed by atoms with Gasteiger partial charge in [-0.25, -0.2) is 4.98 Å². The zero-order valence-electron chi connectivity index (χ0n) is 16.0. The van der Waals surface area contributed by atoms with Gasteiger partial charge in [-0.1, -0.05) is 29.8 Å². The Hall–Kier alpha value is -2.97. The molecule has 7 nitrogen and oxygen atoms in total. The van der Waals surface area contributed by atoms with E-state index in [0.717, 1.165) is 45.9 Å². The summed E-state index contributed by atoms with van der Waals surface area (Å²) in [5, 5.41) is 10.6. The molecule has 0 spiro atoms. The molecule has 3 heterocycles. The van der Waals surface area contributed by atoms with Crippen molar-refractivity contribution in [3.05, 3.63) is 60.3 Å². The van der Waals surface area contributed by atoms with E-state index >= 15 is 0 Å². The summed E-state index contributed by atoms with van der Waals surface area (Å²) in [5.74, 6) is 0.827. The molecule has 8 heteroatoms. The van der Waals surface area contributed by atoms with Crippen LogP contribution in [0.5, 0.6) is 0 Å². The predicted molar refractivity (Wildman–Crippen MR) is 113 cm³/mol. The van der Waals surface area contributed by atoms with Crippen molar-refractivity contribution < 1.29 is 4.74 Å². The SMILES string of the molecule is Cc1ccc(-n2c(Sc3cnc4ccccc4n3)nnc2N2CCOCC2)cc1. The number of para-hydroxylation sites is 2. The number of morpholine rings is 1. The Bertz CT molecular complexity index is 1140. The van der Waals surface area contributed by atoms with Gasteiger partial charge in [-0.15, -0.1) is 10.2 Å². The third-order valence-electron chi connectivity index (χ3n) is 4.82. The summed E-state index contributed by atoms with van der Waals surface area (Å²) in [5.41, 5.74) is 3.99. The van der Waals surface area contributed by atoms with Gasteiger partial charge in [-0.05, 0) is 43.0 Å². The van der Waals surface area contributed by atoms with Gasteiger partial charge in [0.25, 0.3) is 0 Å². The van der Waals surface area contributed by atoms with E-state index in [1.807, 2.05) is 24.3 Å². The first kappa shape index (κ1) is 18.1. The number of aromatic nitrogens is 5. The molecule has 0 saturated carbocycles. The number of rotatable bonds is 4. The smallest absolute Gasteiger partial charge is 0.232 e. The molecule has 0 bridgehead atoms. The van der Waals surface area contributed by atoms with Gasteiger partial charge in [0, 0.05) is 13.1 Å². The maximum atomic E-state index is 5.50. The van der Waals surface area contributed by atoms with Crippen LogP contribution in [0.1, 0.15) is 5.56 Å². The van der Waals surface area contributed by atoms with Crippen molar-refractivity contribution in [1.29, 1.82) is 0 Å². The Morgan fingerprint density at radius 2 is 1.69 bits per heavy atom. The van der Waals surface area contributed by atoms with E-state index in [1.165, 1.54) is 17.3 Å². The lowest BCUT2D eigenvalue weighted by atomic mass is 10.2. The maximum absolute atomic E-state index is 5.50. The van der Waals surface area contributed by atoms with Gasteiger partial charge in [-0.2, -0.15) is 0 Å². The molecule has 2 aromatic carbocycles. The fourth-order valence-electron chi connectivity index (χ4n) is 3.30. The second-order valence-electron chi connectivity index (χ2n) is 6.85. The quantitative estimate of drug-likeness (QED) is 0.515. The first-order valence-corrected chi connectivity index (χ1v) is 10.3. The minimum Gasteiger partial charge on any atom is -0.378 e. The minimum atomic E-state index is 0.694. The van der Waals surface area contributed by atoms with Crippen molar-refractivity contribution in [2.75, 3.05) is 31.2 Å². The predicted octanol–water partition coefficient (Wildman–Crippen LogP) is 3.51. The van der Waals surface area contributed by atoms with E-state index in [4.69, 9.17) is 9.72 Å². The average molecular weight is 404 g/mol. The maximum Gasteiger partial charge on any atom is 0.232 e. The Morgan fingerprint density at radius 3 is 2.48 bits per heavy atom. The molecule has 0 N–H and O–H groups in total. The molecule has 0 aliphatic carbocycles. The lowest BCUT2D eigenvalue weighted by Crippen LogP contribution is -2.37. The highest BCUT2D eigenvalue weighted by molar-refractivity contribution is 7.99. The van der Waals surface area contributed by atoms with Gasteiger partial charge in [-0.3, -0.25) is 9.55 Å². The van der Waals surface area contributed by atoms with Crippen LogP contribution in [0.25, 0.3) is 16.7 Å². The molecule has 0 atom stereocenters. The highest BCUT2D eigenvalue weighted by Gasteiger charge is 2.22. The van der Waals surface area contributed by atoms with Gasteiger partial charge in [0.15, 0.2) is 0 Å². The molecule has 0 amide bonds. The Balaban J connectivity index is 1.56. The number of fused-ring (bicyclic) bond motifs is 1. The summed E-state index contributed by atoms with van der Waals surface area (Å²) >= 11 is 1.47. The first-order valence-electron chi connectivity index (χ1n) is 9.53. The first-order chi connectivity index (χ1) is 14.3. The summed E-state index contributed by atoms with van der Waals surface area (Å²) in [6, 6.07) is 16.3. The van der Waals surface area contributed by atoms with Gasteiger partial charge in [0.05, 0.1) is 36.1 Å². The van der Waals surface area contributed by atoms with Crippen LogP contribution in [0.4, 0.5) is 5.95 Å². The Labute approximate surface area is 172 Å². The van der Waals surface area contributed by atoms with E-state index < -0.39 is 0 Å². The molecule has 0 radical (unpaired) electrons. The third-order valence-corrected chi connectivity index (χ3v) is 5.68. The molecular formula is C21H20N6OS. The monoisotopic (exact) mass is 404 g/mol. The van der Waals surface area contributed by atoms with Crippen molar-refractivity contribution in [2.45, 2.75) is 17.1 Å². The fraction of sp³-hybridized carbons (Fsp3) is 0.238. The lowest BCUT2D eigenvalue weighted by molar-refractivity contribution is 0.122. The molecule has 146 valence electrons. The average Bonchev–Trinajstić information content (AvgIpc) is 3.18. The van der Waals surface area contributed by atoms with Gasteiger partial charge in [0.2, 0.25) is 11.1 Å². The normalized spacial score (nSPS) is 14.4. The third kappa shape index (κ3) is 3.68. The molecule has 29 heavy (non-hydrogen) atoms. The molecule has 2 aromatic heterocycles. The van der Waals surface area contributed by atoms with Crippen LogP contribution in [0.15, 0.2) is 64.9 Å². The van der Waals surface area contributed by atoms with Gasteiger partial charge in [0.1, 0.15) is 5.03 Å². The highest BCUT2D eigenvalue weighted by atomic mass is 32.2. The number of ether oxygens (including phenoxy) is 1. The van der Waals surface area contributed by atoms with E-state index in [-0.39, 0.29) is 0 Å². The van der Waals surface area contributed by atoms with Crippen molar-refractivity contribution in [1.82, 2.24) is 24.7 Å². The second kappa shape index (κ2) is 7.81. The fourth-order valence-corrected chi connectivity index (χ4v) is 4.10. The molecule has 1 saturated heterocycles. The molecule has 5 rings (SSSR count). The van der Waals surface area contributed by atoms with Gasteiger partial charge < -0.3 is 9.64 Å². The van der Waals surface area contributed by atoms with Crippen molar-refractivity contribution in [3.8, 4) is 5.69 Å². The van der Waals surface area contributed by atoms with E-state index in [9.17, 15) is 0 Å². The van der Waals surface area contributed by atoms with Crippen LogP contribution in [0.3, 0.4) is 0 Å². The standard InChI is InChI=1S/C21H20N6OS/c1-15-6-8-16(9-7-15)27-20(26-10-12-28-13-11-26)24-25-21(27)29-19-14-22-17-4-2-3-5-18(17)23-19/h2-9,14H,10-13H2,1H3. The van der Waals surface area contributed by atoms with Crippen LogP contribution < -0.4 is 4.90 Å². The molecule has 1 aliphatic rings. The largest absolute Gasteiger partial charge is 0.378 e. The lowest BCUT2D eigenvalue weighted by Gasteiger charge is -2.27. The number of anilines is 1. The number of aryl methyl sites for hydroxylation is 1. The number of hydrogen-bond donors (Lipinski definition) is 0. The zero-order valence-corrected chi connectivity index (χ0v) is 16.8. The molecule has 4 aromatic rings. The number of nitrogens with zero attached hydrogens (tertiary/aromatic N) is 6. The Kier molecular flexibility index (Phi) is 4.87. The number of benzene rings is 2. The van der Waals surface area contributed by atoms with Crippen LogP contribution in [-0.4, -0.2) is 51.0 Å². The number of hydrogen-bond acceptors (Lipinski definition) is 7. The summed E-state index contributed by atoms with van der Waals surface area (Å²) in [6.07, 6.45) is 1.79. The van der Waals surface area contributed by atoms with Crippen LogP contribution in [0, 0.1) is 6.92 Å². The molecule has 1 aliphatic heterocycles. The summed E-state index contributed by atoms with van der Waals surface area (Å²) in [4.78, 5) is 11.5. The van der Waals surface area contributed by atoms with Gasteiger partial charge >= 0.3 is 0 Å². The van der Waals surface area contributed by atoms with E-state index in [1.54, 1.807) is 6.20 Å². The van der Waals surface area contributed by atoms with Crippen molar-refractivity contribution in [2.24, 2.45) is 0 Å². The molecule has 0 unspecified atom stereocenters. The van der Waals surface area contributed by atoms with E-state index in [0.29, 0.717) is 13.2 Å². The van der Waals surface area contributed by atoms with Crippen molar-refractivity contribution in [3.63, 3.8) is 0 Å². The minimum absolute atomic E-state index is 0.694. The van der Waals surface area contributed by atoms with Crippen molar-refractivity contribution >= 4 is 28.7 Å². The Morgan fingerprint density at radius 1 is 0.931 bits per heavy atom. The summed E-state index contributed by atoms with van der Waals surface area (Å²) in [7, 11) is 0. The van der Waals surface area contributed by atoms with Crippen LogP contribution >= 0.6 is 11.8 Å². The van der Waals surface area contributed by atoms with Crippen LogP contribution in [-0.2, 0) is 4.74 Å². The summed E-state index contributed by atoms with van der Waals surface area (Å²) in [6.45, 7) is 5.06. The molecular weight excluding hydrogens is 384 g/mol. The highest BCUT2D eigenvalue weighted by Crippen LogP contribution is 2.31. The summed E-state index contributed by atoms with van der Waals surface area (Å²) < 4.78 is 7.59.